The SMILES string of the molecule is O=C(COC(=O)CCNC(=O)c1ccc(F)cc1F)NCCOc1ccccc1. The van der Waals surface area contributed by atoms with Gasteiger partial charge in [0.05, 0.1) is 18.5 Å². The van der Waals surface area contributed by atoms with Crippen LogP contribution in [0.3, 0.4) is 0 Å². The summed E-state index contributed by atoms with van der Waals surface area (Å²) in [5, 5.41) is 4.85. The fourth-order valence-electron chi connectivity index (χ4n) is 2.19. The molecule has 0 saturated carbocycles. The van der Waals surface area contributed by atoms with Crippen LogP contribution in [0.15, 0.2) is 48.5 Å². The van der Waals surface area contributed by atoms with Crippen molar-refractivity contribution in [3.05, 3.63) is 65.7 Å². The molecule has 0 aliphatic rings. The van der Waals surface area contributed by atoms with E-state index in [-0.39, 0.29) is 31.7 Å². The average Bonchev–Trinajstić information content (AvgIpc) is 2.70. The van der Waals surface area contributed by atoms with Crippen LogP contribution in [0.2, 0.25) is 0 Å². The van der Waals surface area contributed by atoms with E-state index in [9.17, 15) is 23.2 Å². The second kappa shape index (κ2) is 11.4. The Kier molecular flexibility index (Phi) is 8.55. The van der Waals surface area contributed by atoms with E-state index >= 15 is 0 Å². The molecule has 29 heavy (non-hydrogen) atoms. The average molecular weight is 406 g/mol. The lowest BCUT2D eigenvalue weighted by atomic mass is 10.2. The van der Waals surface area contributed by atoms with E-state index < -0.39 is 36.0 Å². The maximum absolute atomic E-state index is 13.5. The molecule has 0 aliphatic heterocycles. The Hall–Kier alpha value is -3.49. The summed E-state index contributed by atoms with van der Waals surface area (Å²) in [5.41, 5.74) is -0.336. The number of amides is 2. The third kappa shape index (κ3) is 7.96. The molecule has 0 atom stereocenters. The predicted octanol–water partition coefficient (Wildman–Crippen LogP) is 1.82. The molecule has 2 aromatic carbocycles. The number of esters is 1. The fraction of sp³-hybridized carbons (Fsp3) is 0.250. The van der Waals surface area contributed by atoms with Gasteiger partial charge in [-0.2, -0.15) is 0 Å². The largest absolute Gasteiger partial charge is 0.492 e. The number of carbonyl (C=O) groups excluding carboxylic acids is 3. The van der Waals surface area contributed by atoms with Crippen LogP contribution in [0, 0.1) is 11.6 Å². The highest BCUT2D eigenvalue weighted by Crippen LogP contribution is 2.09. The van der Waals surface area contributed by atoms with Crippen LogP contribution < -0.4 is 15.4 Å². The predicted molar refractivity (Wildman–Crippen MR) is 99.2 cm³/mol. The Morgan fingerprint density at radius 1 is 0.931 bits per heavy atom. The molecular formula is C20H20F2N2O5. The molecular weight excluding hydrogens is 386 g/mol. The minimum absolute atomic E-state index is 0.124. The minimum atomic E-state index is -1.00. The van der Waals surface area contributed by atoms with E-state index in [1.54, 1.807) is 12.1 Å². The summed E-state index contributed by atoms with van der Waals surface area (Å²) in [6.45, 7) is -0.0913. The maximum atomic E-state index is 13.5. The second-order valence-electron chi connectivity index (χ2n) is 5.80. The summed E-state index contributed by atoms with van der Waals surface area (Å²) >= 11 is 0. The summed E-state index contributed by atoms with van der Waals surface area (Å²) in [6, 6.07) is 11.6. The van der Waals surface area contributed by atoms with Crippen LogP contribution in [-0.4, -0.2) is 44.1 Å². The monoisotopic (exact) mass is 406 g/mol. The summed E-state index contributed by atoms with van der Waals surface area (Å²) in [7, 11) is 0. The first-order valence-corrected chi connectivity index (χ1v) is 8.79. The van der Waals surface area contributed by atoms with Gasteiger partial charge in [0.15, 0.2) is 6.61 Å². The lowest BCUT2D eigenvalue weighted by molar-refractivity contribution is -0.148. The fourth-order valence-corrected chi connectivity index (χ4v) is 2.19. The van der Waals surface area contributed by atoms with Gasteiger partial charge >= 0.3 is 5.97 Å². The topological polar surface area (TPSA) is 93.7 Å². The van der Waals surface area contributed by atoms with Gasteiger partial charge in [0.2, 0.25) is 0 Å². The number of carbonyl (C=O) groups is 3. The van der Waals surface area contributed by atoms with Gasteiger partial charge < -0.3 is 20.1 Å². The molecule has 2 aromatic rings. The van der Waals surface area contributed by atoms with Crippen LogP contribution in [0.5, 0.6) is 5.75 Å². The minimum Gasteiger partial charge on any atom is -0.492 e. The van der Waals surface area contributed by atoms with Gasteiger partial charge in [-0.1, -0.05) is 18.2 Å². The Morgan fingerprint density at radius 3 is 2.41 bits per heavy atom. The van der Waals surface area contributed by atoms with Crippen LogP contribution >= 0.6 is 0 Å². The third-order valence-electron chi connectivity index (χ3n) is 3.59. The second-order valence-corrected chi connectivity index (χ2v) is 5.80. The van der Waals surface area contributed by atoms with Crippen molar-refractivity contribution in [2.24, 2.45) is 0 Å². The number of para-hydroxylation sites is 1. The maximum Gasteiger partial charge on any atom is 0.308 e. The lowest BCUT2D eigenvalue weighted by Gasteiger charge is -2.09. The summed E-state index contributed by atoms with van der Waals surface area (Å²) in [5.74, 6) is -3.11. The standard InChI is InChI=1S/C20H20F2N2O5/c21-14-6-7-16(17(22)12-14)20(27)24-9-8-19(26)29-13-18(25)23-10-11-28-15-4-2-1-3-5-15/h1-7,12H,8-11,13H2,(H,23,25)(H,24,27). The Balaban J connectivity index is 1.56. The van der Waals surface area contributed by atoms with Crippen molar-refractivity contribution in [2.75, 3.05) is 26.3 Å². The first-order valence-electron chi connectivity index (χ1n) is 8.79. The normalized spacial score (nSPS) is 10.1. The number of nitrogens with one attached hydrogen (secondary N) is 2. The summed E-state index contributed by atoms with van der Waals surface area (Å²) in [4.78, 5) is 35.0. The van der Waals surface area contributed by atoms with Crippen molar-refractivity contribution in [3.63, 3.8) is 0 Å². The first kappa shape index (κ1) is 21.8. The van der Waals surface area contributed by atoms with E-state index in [2.05, 4.69) is 10.6 Å². The van der Waals surface area contributed by atoms with Crippen molar-refractivity contribution in [1.82, 2.24) is 10.6 Å². The van der Waals surface area contributed by atoms with Gasteiger partial charge in [-0.05, 0) is 24.3 Å². The molecule has 0 fully saturated rings. The molecule has 7 nitrogen and oxygen atoms in total. The molecule has 2 rings (SSSR count). The van der Waals surface area contributed by atoms with Crippen LogP contribution in [0.1, 0.15) is 16.8 Å². The zero-order valence-corrected chi connectivity index (χ0v) is 15.5. The van der Waals surface area contributed by atoms with Gasteiger partial charge in [0.25, 0.3) is 11.8 Å². The van der Waals surface area contributed by atoms with Crippen molar-refractivity contribution in [1.29, 1.82) is 0 Å². The molecule has 9 heteroatoms. The molecule has 0 radical (unpaired) electrons. The zero-order valence-electron chi connectivity index (χ0n) is 15.5. The van der Waals surface area contributed by atoms with Crippen molar-refractivity contribution in [3.8, 4) is 5.75 Å². The molecule has 0 aromatic heterocycles. The first-order chi connectivity index (χ1) is 14.0. The molecule has 0 spiro atoms. The molecule has 0 heterocycles. The number of hydrogen-bond acceptors (Lipinski definition) is 5. The highest BCUT2D eigenvalue weighted by molar-refractivity contribution is 5.94. The lowest BCUT2D eigenvalue weighted by Crippen LogP contribution is -2.33. The van der Waals surface area contributed by atoms with Crippen LogP contribution in [0.4, 0.5) is 8.78 Å². The summed E-state index contributed by atoms with van der Waals surface area (Å²) < 4.78 is 36.5. The Bertz CT molecular complexity index is 846. The zero-order chi connectivity index (χ0) is 21.1. The number of halogens is 2. The number of ether oxygens (including phenoxy) is 2. The van der Waals surface area contributed by atoms with Gasteiger partial charge in [-0.15, -0.1) is 0 Å². The quantitative estimate of drug-likeness (QED) is 0.464. The smallest absolute Gasteiger partial charge is 0.308 e. The molecule has 0 aliphatic carbocycles. The molecule has 154 valence electrons. The van der Waals surface area contributed by atoms with Gasteiger partial charge in [-0.3, -0.25) is 14.4 Å². The highest BCUT2D eigenvalue weighted by atomic mass is 19.1. The van der Waals surface area contributed by atoms with Gasteiger partial charge in [0, 0.05) is 12.6 Å². The van der Waals surface area contributed by atoms with Crippen LogP contribution in [0.25, 0.3) is 0 Å². The van der Waals surface area contributed by atoms with Gasteiger partial charge in [0.1, 0.15) is 24.0 Å². The van der Waals surface area contributed by atoms with Crippen molar-refractivity contribution >= 4 is 17.8 Å². The third-order valence-corrected chi connectivity index (χ3v) is 3.59. The van der Waals surface area contributed by atoms with Crippen molar-refractivity contribution < 1.29 is 32.6 Å². The molecule has 0 unspecified atom stereocenters. The van der Waals surface area contributed by atoms with E-state index in [4.69, 9.17) is 9.47 Å². The highest BCUT2D eigenvalue weighted by Gasteiger charge is 2.13. The van der Waals surface area contributed by atoms with E-state index in [1.807, 2.05) is 18.2 Å². The van der Waals surface area contributed by atoms with E-state index in [0.717, 1.165) is 12.1 Å². The molecule has 0 bridgehead atoms. The van der Waals surface area contributed by atoms with E-state index in [1.165, 1.54) is 0 Å². The Morgan fingerprint density at radius 2 is 1.69 bits per heavy atom. The molecule has 0 saturated heterocycles. The van der Waals surface area contributed by atoms with E-state index in [0.29, 0.717) is 11.8 Å². The van der Waals surface area contributed by atoms with Gasteiger partial charge in [-0.25, -0.2) is 8.78 Å². The number of rotatable bonds is 10. The number of hydrogen-bond donors (Lipinski definition) is 2. The van der Waals surface area contributed by atoms with Crippen LogP contribution in [-0.2, 0) is 14.3 Å². The van der Waals surface area contributed by atoms with Crippen molar-refractivity contribution in [2.45, 2.75) is 6.42 Å². The molecule has 2 amide bonds. The molecule has 2 N–H and O–H groups in total. The summed E-state index contributed by atoms with van der Waals surface area (Å²) in [6.07, 6.45) is -0.209. The Labute approximate surface area is 166 Å². The number of benzene rings is 2.